The van der Waals surface area contributed by atoms with Crippen molar-refractivity contribution in [2.24, 2.45) is 0 Å². The summed E-state index contributed by atoms with van der Waals surface area (Å²) in [5.74, 6) is 0. The van der Waals surface area contributed by atoms with Crippen LogP contribution in [0.5, 0.6) is 0 Å². The molecule has 0 N–H and O–H groups in total. The second-order valence-corrected chi connectivity index (χ2v) is 4.26. The minimum Gasteiger partial charge on any atom is -1.00 e. The molecule has 0 spiro atoms. The summed E-state index contributed by atoms with van der Waals surface area (Å²) in [5.41, 5.74) is 0. The molecule has 0 fully saturated rings. The molecule has 0 radical (unpaired) electrons. The Morgan fingerprint density at radius 2 is 0.875 bits per heavy atom. The maximum absolute atomic E-state index is 2.17. The first kappa shape index (κ1) is 18.5. The molecule has 0 heterocycles. The zero-order valence-electron chi connectivity index (χ0n) is 8.35. The average Bonchev–Trinajstić information content (AvgIpc) is 2.21. The van der Waals surface area contributed by atoms with Crippen LogP contribution in [0, 0.1) is 0 Å². The van der Waals surface area contributed by atoms with Gasteiger partial charge >= 0.3 is 20.4 Å². The van der Waals surface area contributed by atoms with Crippen LogP contribution in [-0.2, 0) is 20.4 Å². The van der Waals surface area contributed by atoms with Crippen molar-refractivity contribution in [1.29, 1.82) is 0 Å². The fourth-order valence-electron chi connectivity index (χ4n) is 1.21. The number of hydrogen-bond acceptors (Lipinski definition) is 0. The smallest absolute Gasteiger partial charge is 1.00 e. The van der Waals surface area contributed by atoms with Crippen LogP contribution in [0.2, 0.25) is 0 Å². The number of rotatable bonds is 2. The van der Waals surface area contributed by atoms with Gasteiger partial charge in [-0.2, -0.15) is 0 Å². The van der Waals surface area contributed by atoms with E-state index in [0.717, 1.165) is 8.58 Å². The molecule has 0 saturated carbocycles. The van der Waals surface area contributed by atoms with Crippen molar-refractivity contribution in [2.45, 2.75) is 0 Å². The summed E-state index contributed by atoms with van der Waals surface area (Å²) in [4.78, 5) is 0. The molecule has 4 heteroatoms. The summed E-state index contributed by atoms with van der Waals surface area (Å²) in [7, 11) is 0.777. The maximum Gasteiger partial charge on any atom is 2.00 e. The average molecular weight is 364 g/mol. The Hall–Kier alpha value is 0.112. The topological polar surface area (TPSA) is 0 Å². The van der Waals surface area contributed by atoms with Crippen LogP contribution in [0.25, 0.3) is 0 Å². The van der Waals surface area contributed by atoms with Gasteiger partial charge in [-0.05, 0) is 10.6 Å². The Labute approximate surface area is 124 Å². The van der Waals surface area contributed by atoms with E-state index in [9.17, 15) is 0 Å². The van der Waals surface area contributed by atoms with E-state index in [1.165, 1.54) is 10.6 Å². The third-order valence-corrected chi connectivity index (χ3v) is 3.08. The minimum atomic E-state index is 0. The van der Waals surface area contributed by atoms with Crippen LogP contribution >= 0.6 is 8.58 Å². The van der Waals surface area contributed by atoms with Gasteiger partial charge in [-0.3, -0.25) is 0 Å². The number of halogens is 2. The van der Waals surface area contributed by atoms with E-state index >= 15 is 0 Å². The van der Waals surface area contributed by atoms with Gasteiger partial charge in [0.1, 0.15) is 0 Å². The zero-order valence-corrected chi connectivity index (χ0v) is 12.4. The molecule has 2 aromatic rings. The van der Waals surface area contributed by atoms with E-state index < -0.39 is 0 Å². The fourth-order valence-corrected chi connectivity index (χ4v) is 2.26. The molecule has 0 aliphatic rings. The van der Waals surface area contributed by atoms with Gasteiger partial charge in [0.25, 0.3) is 0 Å². The monoisotopic (exact) mass is 362 g/mol. The van der Waals surface area contributed by atoms with Crippen molar-refractivity contribution in [3.63, 3.8) is 0 Å². The summed E-state index contributed by atoms with van der Waals surface area (Å²) >= 11 is 0. The Kier molecular flexibility index (Phi) is 11.9. The molecule has 0 amide bonds. The summed E-state index contributed by atoms with van der Waals surface area (Å²) in [5, 5.41) is 2.79. The molecule has 88 valence electrons. The van der Waals surface area contributed by atoms with Crippen LogP contribution in [0.4, 0.5) is 0 Å². The van der Waals surface area contributed by atoms with E-state index in [2.05, 4.69) is 60.7 Å². The van der Waals surface area contributed by atoms with E-state index in [4.69, 9.17) is 0 Å². The quantitative estimate of drug-likeness (QED) is 0.381. The minimum absolute atomic E-state index is 0. The fraction of sp³-hybridized carbons (Fsp3) is 0. The van der Waals surface area contributed by atoms with Gasteiger partial charge in [0, 0.05) is 0 Å². The zero-order chi connectivity index (χ0) is 8.93. The second-order valence-electron chi connectivity index (χ2n) is 2.86. The molecule has 0 bridgehead atoms. The molecular weight excluding hydrogens is 352 g/mol. The predicted octanol–water partition coefficient (Wildman–Crippen LogP) is -3.68. The maximum atomic E-state index is 2.17. The Morgan fingerprint density at radius 1 is 0.562 bits per heavy atom. The third kappa shape index (κ3) is 6.00. The van der Waals surface area contributed by atoms with Crippen LogP contribution in [0.15, 0.2) is 60.7 Å². The van der Waals surface area contributed by atoms with Crippen molar-refractivity contribution in [2.75, 3.05) is 0 Å². The van der Waals surface area contributed by atoms with Crippen molar-refractivity contribution in [3.8, 4) is 0 Å². The largest absolute Gasteiger partial charge is 2.00 e. The van der Waals surface area contributed by atoms with Gasteiger partial charge < -0.3 is 24.8 Å². The molecule has 2 rings (SSSR count). The molecule has 0 aliphatic carbocycles. The first-order chi connectivity index (χ1) is 6.45. The van der Waals surface area contributed by atoms with Crippen molar-refractivity contribution in [3.05, 3.63) is 60.7 Å². The first-order valence-corrected chi connectivity index (χ1v) is 5.32. The molecule has 0 saturated heterocycles. The van der Waals surface area contributed by atoms with Crippen LogP contribution in [-0.4, -0.2) is 0 Å². The molecule has 0 aliphatic heterocycles. The Balaban J connectivity index is 0. The Bertz CT molecular complexity index is 330. The summed E-state index contributed by atoms with van der Waals surface area (Å²) < 4.78 is 0. The number of hydrogen-bond donors (Lipinski definition) is 0. The Morgan fingerprint density at radius 3 is 1.19 bits per heavy atom. The van der Waals surface area contributed by atoms with Gasteiger partial charge in [0.05, 0.1) is 0 Å². The van der Waals surface area contributed by atoms with E-state index in [1.807, 2.05) is 0 Å². The summed E-state index contributed by atoms with van der Waals surface area (Å²) in [6.45, 7) is 0. The molecular formula is C12H11Cl2PPd. The standard InChI is InChI=1S/C12H11P.2ClH.Pd/c1-3-7-11(8-4-1)13-12-9-5-2-6-10-12;;;/h1-10,13H;2*1H;/q;;;+2/p-2. The summed E-state index contributed by atoms with van der Waals surface area (Å²) in [6.07, 6.45) is 0. The molecule has 0 atom stereocenters. The van der Waals surface area contributed by atoms with Crippen molar-refractivity contribution >= 4 is 19.2 Å². The van der Waals surface area contributed by atoms with Gasteiger partial charge in [0.15, 0.2) is 0 Å². The van der Waals surface area contributed by atoms with Crippen LogP contribution < -0.4 is 35.4 Å². The second kappa shape index (κ2) is 10.3. The predicted molar refractivity (Wildman–Crippen MR) is 60.5 cm³/mol. The summed E-state index contributed by atoms with van der Waals surface area (Å²) in [6, 6.07) is 21.2. The molecule has 0 nitrogen and oxygen atoms in total. The normalized spacial score (nSPS) is 8.00. The van der Waals surface area contributed by atoms with Gasteiger partial charge in [-0.1, -0.05) is 69.2 Å². The SMILES string of the molecule is [Cl-].[Cl-].[Pd+2].c1ccc(Pc2ccccc2)cc1. The number of benzene rings is 2. The van der Waals surface area contributed by atoms with Crippen molar-refractivity contribution in [1.82, 2.24) is 0 Å². The molecule has 0 unspecified atom stereocenters. The van der Waals surface area contributed by atoms with E-state index in [1.54, 1.807) is 0 Å². The van der Waals surface area contributed by atoms with E-state index in [0.29, 0.717) is 0 Å². The van der Waals surface area contributed by atoms with Crippen molar-refractivity contribution < 1.29 is 45.2 Å². The first-order valence-electron chi connectivity index (χ1n) is 4.32. The molecule has 16 heavy (non-hydrogen) atoms. The van der Waals surface area contributed by atoms with E-state index in [-0.39, 0.29) is 45.2 Å². The van der Waals surface area contributed by atoms with Crippen LogP contribution in [0.1, 0.15) is 0 Å². The molecule has 0 aromatic heterocycles. The third-order valence-electron chi connectivity index (χ3n) is 1.84. The van der Waals surface area contributed by atoms with Gasteiger partial charge in [-0.25, -0.2) is 0 Å². The van der Waals surface area contributed by atoms with Crippen LogP contribution in [0.3, 0.4) is 0 Å². The molecule has 2 aromatic carbocycles. The van der Waals surface area contributed by atoms with Gasteiger partial charge in [0.2, 0.25) is 0 Å². The van der Waals surface area contributed by atoms with Gasteiger partial charge in [-0.15, -0.1) is 0 Å².